The molecule has 0 fully saturated rings. The van der Waals surface area contributed by atoms with E-state index in [9.17, 15) is 0 Å². The van der Waals surface area contributed by atoms with Crippen LogP contribution in [-0.4, -0.2) is 31.3 Å². The summed E-state index contributed by atoms with van der Waals surface area (Å²) < 4.78 is 10.5. The second-order valence-corrected chi connectivity index (χ2v) is 5.40. The molecule has 1 unspecified atom stereocenters. The molecule has 0 aliphatic heterocycles. The van der Waals surface area contributed by atoms with Gasteiger partial charge in [-0.3, -0.25) is 4.99 Å². The summed E-state index contributed by atoms with van der Waals surface area (Å²) in [5.74, 6) is 1.12. The van der Waals surface area contributed by atoms with Crippen molar-refractivity contribution in [3.63, 3.8) is 0 Å². The molecular formula is C17H24N4O2. The van der Waals surface area contributed by atoms with E-state index >= 15 is 0 Å². The number of rotatable bonds is 8. The third-order valence-electron chi connectivity index (χ3n) is 3.28. The molecule has 1 aromatic heterocycles. The van der Waals surface area contributed by atoms with Crippen LogP contribution in [0.15, 0.2) is 52.2 Å². The number of aliphatic imine (C=N–C) groups is 1. The molecule has 2 rings (SSSR count). The fraction of sp³-hybridized carbons (Fsp3) is 0.412. The minimum Gasteiger partial charge on any atom is -0.376 e. The molecule has 0 aliphatic carbocycles. The largest absolute Gasteiger partial charge is 0.376 e. The van der Waals surface area contributed by atoms with E-state index in [2.05, 4.69) is 39.8 Å². The number of nitrogens with one attached hydrogen (secondary N) is 2. The van der Waals surface area contributed by atoms with Gasteiger partial charge in [0.15, 0.2) is 5.96 Å². The van der Waals surface area contributed by atoms with Gasteiger partial charge in [0.25, 0.3) is 0 Å². The highest BCUT2D eigenvalue weighted by molar-refractivity contribution is 5.79. The number of hydrogen-bond acceptors (Lipinski definition) is 4. The van der Waals surface area contributed by atoms with Crippen LogP contribution in [0.4, 0.5) is 0 Å². The van der Waals surface area contributed by atoms with Gasteiger partial charge >= 0.3 is 0 Å². The van der Waals surface area contributed by atoms with Gasteiger partial charge in [0.2, 0.25) is 0 Å². The van der Waals surface area contributed by atoms with E-state index in [0.717, 1.165) is 18.2 Å². The van der Waals surface area contributed by atoms with Crippen molar-refractivity contribution < 1.29 is 9.26 Å². The van der Waals surface area contributed by atoms with Crippen LogP contribution in [0.25, 0.3) is 0 Å². The first kappa shape index (κ1) is 17.0. The SMILES string of the molecule is CN=C(NCc1ccon1)NCC(C)COCc1ccccc1. The lowest BCUT2D eigenvalue weighted by Crippen LogP contribution is -2.39. The van der Waals surface area contributed by atoms with E-state index in [1.54, 1.807) is 13.3 Å². The third-order valence-corrected chi connectivity index (χ3v) is 3.28. The maximum Gasteiger partial charge on any atom is 0.191 e. The number of ether oxygens (including phenoxy) is 1. The highest BCUT2D eigenvalue weighted by Crippen LogP contribution is 2.02. The number of hydrogen-bond donors (Lipinski definition) is 2. The van der Waals surface area contributed by atoms with Crippen molar-refractivity contribution in [2.75, 3.05) is 20.2 Å². The number of nitrogens with zero attached hydrogens (tertiary/aromatic N) is 2. The lowest BCUT2D eigenvalue weighted by molar-refractivity contribution is 0.0931. The summed E-state index contributed by atoms with van der Waals surface area (Å²) in [5, 5.41) is 10.3. The minimum absolute atomic E-state index is 0.379. The molecule has 124 valence electrons. The number of benzene rings is 1. The van der Waals surface area contributed by atoms with Gasteiger partial charge in [0.05, 0.1) is 19.8 Å². The second kappa shape index (κ2) is 9.63. The van der Waals surface area contributed by atoms with Gasteiger partial charge in [-0.15, -0.1) is 0 Å². The van der Waals surface area contributed by atoms with Gasteiger partial charge in [-0.25, -0.2) is 0 Å². The van der Waals surface area contributed by atoms with Crippen molar-refractivity contribution in [2.24, 2.45) is 10.9 Å². The molecule has 0 radical (unpaired) electrons. The maximum absolute atomic E-state index is 5.74. The van der Waals surface area contributed by atoms with Crippen molar-refractivity contribution in [1.29, 1.82) is 0 Å². The van der Waals surface area contributed by atoms with Crippen LogP contribution in [-0.2, 0) is 17.9 Å². The molecule has 2 N–H and O–H groups in total. The fourth-order valence-electron chi connectivity index (χ4n) is 2.01. The summed E-state index contributed by atoms with van der Waals surface area (Å²) in [6.07, 6.45) is 1.55. The van der Waals surface area contributed by atoms with Crippen molar-refractivity contribution >= 4 is 5.96 Å². The standard InChI is InChI=1S/C17H24N4O2/c1-14(12-22-13-15-6-4-3-5-7-15)10-19-17(18-2)20-11-16-8-9-23-21-16/h3-9,14H,10-13H2,1-2H3,(H2,18,19,20). The predicted octanol–water partition coefficient (Wildman–Crippen LogP) is 2.19. The Labute approximate surface area is 136 Å². The highest BCUT2D eigenvalue weighted by Gasteiger charge is 2.05. The van der Waals surface area contributed by atoms with Gasteiger partial charge in [0.1, 0.15) is 12.0 Å². The molecule has 1 heterocycles. The zero-order valence-corrected chi connectivity index (χ0v) is 13.7. The molecule has 1 atom stereocenters. The third kappa shape index (κ3) is 6.52. The summed E-state index contributed by atoms with van der Waals surface area (Å²) in [7, 11) is 1.74. The lowest BCUT2D eigenvalue weighted by atomic mass is 10.2. The second-order valence-electron chi connectivity index (χ2n) is 5.40. The Morgan fingerprint density at radius 2 is 2.09 bits per heavy atom. The topological polar surface area (TPSA) is 71.7 Å². The summed E-state index contributed by atoms with van der Waals surface area (Å²) in [6.45, 7) is 4.84. The van der Waals surface area contributed by atoms with Gasteiger partial charge < -0.3 is 19.9 Å². The van der Waals surface area contributed by atoms with Crippen LogP contribution in [0.1, 0.15) is 18.2 Å². The van der Waals surface area contributed by atoms with E-state index in [1.165, 1.54) is 5.56 Å². The minimum atomic E-state index is 0.379. The lowest BCUT2D eigenvalue weighted by Gasteiger charge is -2.16. The molecule has 23 heavy (non-hydrogen) atoms. The molecular weight excluding hydrogens is 292 g/mol. The van der Waals surface area contributed by atoms with Gasteiger partial charge in [0, 0.05) is 19.7 Å². The van der Waals surface area contributed by atoms with Crippen LogP contribution in [0.2, 0.25) is 0 Å². The Kier molecular flexibility index (Phi) is 7.13. The average molecular weight is 316 g/mol. The molecule has 1 aromatic carbocycles. The van der Waals surface area contributed by atoms with E-state index < -0.39 is 0 Å². The van der Waals surface area contributed by atoms with Gasteiger partial charge in [-0.2, -0.15) is 0 Å². The summed E-state index contributed by atoms with van der Waals surface area (Å²) in [6, 6.07) is 12.0. The average Bonchev–Trinajstić information content (AvgIpc) is 3.09. The zero-order chi connectivity index (χ0) is 16.3. The zero-order valence-electron chi connectivity index (χ0n) is 13.7. The molecule has 0 amide bonds. The first-order chi connectivity index (χ1) is 11.3. The fourth-order valence-corrected chi connectivity index (χ4v) is 2.01. The molecule has 6 nitrogen and oxygen atoms in total. The molecule has 0 saturated carbocycles. The Balaban J connectivity index is 1.61. The highest BCUT2D eigenvalue weighted by atomic mass is 16.5. The van der Waals surface area contributed by atoms with Gasteiger partial charge in [-0.05, 0) is 11.5 Å². The monoisotopic (exact) mass is 316 g/mol. The van der Waals surface area contributed by atoms with E-state index in [1.807, 2.05) is 24.3 Å². The van der Waals surface area contributed by atoms with E-state index in [4.69, 9.17) is 9.26 Å². The molecule has 0 saturated heterocycles. The Morgan fingerprint density at radius 3 is 2.78 bits per heavy atom. The van der Waals surface area contributed by atoms with Crippen LogP contribution in [0.5, 0.6) is 0 Å². The van der Waals surface area contributed by atoms with Crippen molar-refractivity contribution in [2.45, 2.75) is 20.1 Å². The quantitative estimate of drug-likeness (QED) is 0.577. The van der Waals surface area contributed by atoms with Crippen LogP contribution < -0.4 is 10.6 Å². The van der Waals surface area contributed by atoms with E-state index in [-0.39, 0.29) is 0 Å². The molecule has 0 bridgehead atoms. The smallest absolute Gasteiger partial charge is 0.191 e. The van der Waals surface area contributed by atoms with E-state index in [0.29, 0.717) is 25.7 Å². The molecule has 6 heteroatoms. The Bertz CT molecular complexity index is 570. The summed E-state index contributed by atoms with van der Waals surface area (Å²) >= 11 is 0. The normalized spacial score (nSPS) is 12.9. The number of guanidine groups is 1. The van der Waals surface area contributed by atoms with Crippen molar-refractivity contribution in [3.05, 3.63) is 53.9 Å². The molecule has 2 aromatic rings. The Hall–Kier alpha value is -2.34. The molecule has 0 aliphatic rings. The maximum atomic E-state index is 5.74. The van der Waals surface area contributed by atoms with Crippen molar-refractivity contribution in [3.8, 4) is 0 Å². The van der Waals surface area contributed by atoms with Crippen LogP contribution in [0.3, 0.4) is 0 Å². The van der Waals surface area contributed by atoms with Crippen molar-refractivity contribution in [1.82, 2.24) is 15.8 Å². The van der Waals surface area contributed by atoms with Gasteiger partial charge in [-0.1, -0.05) is 42.4 Å². The summed E-state index contributed by atoms with van der Waals surface area (Å²) in [4.78, 5) is 4.18. The predicted molar refractivity (Wildman–Crippen MR) is 90.0 cm³/mol. The first-order valence-corrected chi connectivity index (χ1v) is 7.73. The van der Waals surface area contributed by atoms with Crippen LogP contribution in [0, 0.1) is 5.92 Å². The van der Waals surface area contributed by atoms with Crippen LogP contribution >= 0.6 is 0 Å². The number of aromatic nitrogens is 1. The summed E-state index contributed by atoms with van der Waals surface area (Å²) in [5.41, 5.74) is 2.03. The Morgan fingerprint density at radius 1 is 1.26 bits per heavy atom. The first-order valence-electron chi connectivity index (χ1n) is 7.73. The molecule has 0 spiro atoms.